The Bertz CT molecular complexity index is 372. The van der Waals surface area contributed by atoms with E-state index >= 15 is 0 Å². The molecular formula is C13H23N3O2. The Kier molecular flexibility index (Phi) is 4.60. The van der Waals surface area contributed by atoms with Crippen molar-refractivity contribution in [3.05, 3.63) is 11.9 Å². The van der Waals surface area contributed by atoms with Gasteiger partial charge in [-0.05, 0) is 26.7 Å². The summed E-state index contributed by atoms with van der Waals surface area (Å²) in [4.78, 5) is 4.52. The minimum absolute atomic E-state index is 0.281. The molecule has 1 N–H and O–H groups in total. The summed E-state index contributed by atoms with van der Waals surface area (Å²) in [5, 5.41) is 3.39. The summed E-state index contributed by atoms with van der Waals surface area (Å²) < 4.78 is 12.9. The second kappa shape index (κ2) is 6.20. The van der Waals surface area contributed by atoms with Crippen LogP contribution in [0.3, 0.4) is 0 Å². The first-order valence-electron chi connectivity index (χ1n) is 6.60. The van der Waals surface area contributed by atoms with Crippen molar-refractivity contribution in [2.75, 3.05) is 32.2 Å². The monoisotopic (exact) mass is 253 g/mol. The fourth-order valence-corrected chi connectivity index (χ4v) is 2.31. The van der Waals surface area contributed by atoms with Gasteiger partial charge >= 0.3 is 0 Å². The van der Waals surface area contributed by atoms with Crippen molar-refractivity contribution in [2.45, 2.75) is 38.8 Å². The van der Waals surface area contributed by atoms with Gasteiger partial charge in [0.15, 0.2) is 0 Å². The summed E-state index contributed by atoms with van der Waals surface area (Å²) in [6, 6.07) is 0.281. The van der Waals surface area contributed by atoms with E-state index in [9.17, 15) is 0 Å². The van der Waals surface area contributed by atoms with Gasteiger partial charge in [0.05, 0.1) is 24.4 Å². The number of imidazole rings is 1. The minimum atomic E-state index is 0.281. The number of hydrogen-bond donors (Lipinski definition) is 1. The second-order valence-electron chi connectivity index (χ2n) is 4.93. The fraction of sp³-hybridized carbons (Fsp3) is 0.769. The van der Waals surface area contributed by atoms with Crippen molar-refractivity contribution in [1.82, 2.24) is 9.55 Å². The molecule has 1 saturated heterocycles. The number of aryl methyl sites for hydroxylation is 1. The van der Waals surface area contributed by atoms with E-state index in [2.05, 4.69) is 28.0 Å². The number of methoxy groups -OCH3 is 1. The van der Waals surface area contributed by atoms with Crippen LogP contribution in [0.15, 0.2) is 6.20 Å². The van der Waals surface area contributed by atoms with E-state index in [0.29, 0.717) is 12.7 Å². The molecule has 2 heterocycles. The van der Waals surface area contributed by atoms with Gasteiger partial charge in [0.25, 0.3) is 0 Å². The third-order valence-corrected chi connectivity index (χ3v) is 3.25. The van der Waals surface area contributed by atoms with Gasteiger partial charge in [0, 0.05) is 26.5 Å². The Balaban J connectivity index is 1.97. The second-order valence-corrected chi connectivity index (χ2v) is 4.93. The van der Waals surface area contributed by atoms with Gasteiger partial charge in [-0.2, -0.15) is 0 Å². The number of aromatic nitrogens is 2. The molecule has 18 heavy (non-hydrogen) atoms. The zero-order valence-electron chi connectivity index (χ0n) is 11.5. The van der Waals surface area contributed by atoms with E-state index < -0.39 is 0 Å². The number of nitrogens with one attached hydrogen (secondary N) is 1. The first-order chi connectivity index (χ1) is 8.70. The van der Waals surface area contributed by atoms with Crippen LogP contribution in [0, 0.1) is 6.92 Å². The number of rotatable bonds is 6. The number of hydrogen-bond acceptors (Lipinski definition) is 4. The van der Waals surface area contributed by atoms with Crippen LogP contribution < -0.4 is 5.32 Å². The molecule has 5 heteroatoms. The third-order valence-electron chi connectivity index (χ3n) is 3.25. The number of nitrogens with zero attached hydrogens (tertiary/aromatic N) is 2. The molecule has 1 aliphatic heterocycles. The fourth-order valence-electron chi connectivity index (χ4n) is 2.31. The number of ether oxygens (including phenoxy) is 2. The highest BCUT2D eigenvalue weighted by molar-refractivity contribution is 5.29. The molecule has 1 aliphatic rings. The third kappa shape index (κ3) is 3.23. The Morgan fingerprint density at radius 3 is 3.17 bits per heavy atom. The van der Waals surface area contributed by atoms with Gasteiger partial charge in [-0.3, -0.25) is 0 Å². The molecule has 0 radical (unpaired) electrons. The Hall–Kier alpha value is -1.07. The molecule has 0 saturated carbocycles. The molecule has 2 unspecified atom stereocenters. The lowest BCUT2D eigenvalue weighted by atomic mass is 10.2. The van der Waals surface area contributed by atoms with Crippen LogP contribution in [0.2, 0.25) is 0 Å². The molecule has 0 bridgehead atoms. The maximum absolute atomic E-state index is 5.61. The standard InChI is InChI=1S/C13H23N3O2/c1-10-8-16(11(2)9-17-3)13(15-10)14-7-12-5-4-6-18-12/h8,11-12H,4-7,9H2,1-3H3,(H,14,15). The van der Waals surface area contributed by atoms with E-state index in [0.717, 1.165) is 31.2 Å². The summed E-state index contributed by atoms with van der Waals surface area (Å²) in [5.74, 6) is 0.910. The molecular weight excluding hydrogens is 230 g/mol. The lowest BCUT2D eigenvalue weighted by Gasteiger charge is -2.17. The van der Waals surface area contributed by atoms with E-state index in [4.69, 9.17) is 9.47 Å². The first kappa shape index (κ1) is 13.4. The van der Waals surface area contributed by atoms with Crippen molar-refractivity contribution in [3.8, 4) is 0 Å². The molecule has 5 nitrogen and oxygen atoms in total. The highest BCUT2D eigenvalue weighted by Crippen LogP contribution is 2.18. The quantitative estimate of drug-likeness (QED) is 0.842. The van der Waals surface area contributed by atoms with Crippen molar-refractivity contribution in [1.29, 1.82) is 0 Å². The zero-order chi connectivity index (χ0) is 13.0. The van der Waals surface area contributed by atoms with Crippen molar-refractivity contribution in [3.63, 3.8) is 0 Å². The lowest BCUT2D eigenvalue weighted by Crippen LogP contribution is -2.22. The molecule has 0 spiro atoms. The Labute approximate surface area is 108 Å². The smallest absolute Gasteiger partial charge is 0.203 e. The van der Waals surface area contributed by atoms with Crippen LogP contribution in [-0.2, 0) is 9.47 Å². The summed E-state index contributed by atoms with van der Waals surface area (Å²) in [6.07, 6.45) is 4.69. The first-order valence-corrected chi connectivity index (χ1v) is 6.60. The summed E-state index contributed by atoms with van der Waals surface area (Å²) in [5.41, 5.74) is 1.02. The average Bonchev–Trinajstić information content (AvgIpc) is 2.95. The maximum atomic E-state index is 5.61. The van der Waals surface area contributed by atoms with E-state index in [-0.39, 0.29) is 6.04 Å². The topological polar surface area (TPSA) is 48.3 Å². The summed E-state index contributed by atoms with van der Waals surface area (Å²) >= 11 is 0. The molecule has 2 atom stereocenters. The summed E-state index contributed by atoms with van der Waals surface area (Å²) in [6.45, 7) is 6.54. The molecule has 0 aromatic carbocycles. The van der Waals surface area contributed by atoms with Crippen LogP contribution in [0.4, 0.5) is 5.95 Å². The molecule has 1 fully saturated rings. The van der Waals surface area contributed by atoms with Crippen LogP contribution in [-0.4, -0.2) is 42.5 Å². The molecule has 0 aliphatic carbocycles. The van der Waals surface area contributed by atoms with E-state index in [1.807, 2.05) is 6.92 Å². The van der Waals surface area contributed by atoms with Crippen LogP contribution in [0.1, 0.15) is 31.5 Å². The molecule has 2 rings (SSSR count). The zero-order valence-corrected chi connectivity index (χ0v) is 11.5. The van der Waals surface area contributed by atoms with Crippen molar-refractivity contribution < 1.29 is 9.47 Å². The molecule has 1 aromatic rings. The van der Waals surface area contributed by atoms with Crippen LogP contribution in [0.5, 0.6) is 0 Å². The predicted molar refractivity (Wildman–Crippen MR) is 71.0 cm³/mol. The van der Waals surface area contributed by atoms with E-state index in [1.165, 1.54) is 6.42 Å². The van der Waals surface area contributed by atoms with Gasteiger partial charge in [-0.15, -0.1) is 0 Å². The lowest BCUT2D eigenvalue weighted by molar-refractivity contribution is 0.120. The molecule has 1 aromatic heterocycles. The van der Waals surface area contributed by atoms with Crippen LogP contribution in [0.25, 0.3) is 0 Å². The Morgan fingerprint density at radius 1 is 1.67 bits per heavy atom. The highest BCUT2D eigenvalue weighted by atomic mass is 16.5. The molecule has 102 valence electrons. The van der Waals surface area contributed by atoms with E-state index in [1.54, 1.807) is 7.11 Å². The highest BCUT2D eigenvalue weighted by Gasteiger charge is 2.17. The Morgan fingerprint density at radius 2 is 2.50 bits per heavy atom. The average molecular weight is 253 g/mol. The minimum Gasteiger partial charge on any atom is -0.383 e. The normalized spacial score (nSPS) is 21.2. The van der Waals surface area contributed by atoms with Gasteiger partial charge in [0.2, 0.25) is 5.95 Å². The van der Waals surface area contributed by atoms with Gasteiger partial charge in [-0.25, -0.2) is 4.98 Å². The van der Waals surface area contributed by atoms with Crippen LogP contribution >= 0.6 is 0 Å². The van der Waals surface area contributed by atoms with Crippen molar-refractivity contribution >= 4 is 5.95 Å². The molecule has 0 amide bonds. The SMILES string of the molecule is COCC(C)n1cc(C)nc1NCC1CCCO1. The van der Waals surface area contributed by atoms with Gasteiger partial charge < -0.3 is 19.4 Å². The van der Waals surface area contributed by atoms with Gasteiger partial charge in [-0.1, -0.05) is 0 Å². The summed E-state index contributed by atoms with van der Waals surface area (Å²) in [7, 11) is 1.72. The van der Waals surface area contributed by atoms with Crippen molar-refractivity contribution in [2.24, 2.45) is 0 Å². The number of anilines is 1. The maximum Gasteiger partial charge on any atom is 0.203 e. The van der Waals surface area contributed by atoms with Gasteiger partial charge in [0.1, 0.15) is 0 Å². The largest absolute Gasteiger partial charge is 0.383 e. The predicted octanol–water partition coefficient (Wildman–Crippen LogP) is 1.99.